The second-order valence-corrected chi connectivity index (χ2v) is 7.27. The van der Waals surface area contributed by atoms with E-state index in [1.165, 1.54) is 4.90 Å². The average molecular weight is 452 g/mol. The van der Waals surface area contributed by atoms with Gasteiger partial charge in [-0.3, -0.25) is 0 Å². The molecule has 0 bridgehead atoms. The van der Waals surface area contributed by atoms with Gasteiger partial charge in [0.05, 0.1) is 6.54 Å². The molecule has 2 heterocycles. The Morgan fingerprint density at radius 3 is 2.60 bits per heavy atom. The van der Waals surface area contributed by atoms with Gasteiger partial charge in [0, 0.05) is 24.5 Å². The fraction of sp³-hybridized carbons (Fsp3) is 0.444. The Hall–Kier alpha value is -2.56. The molecular weight excluding hydrogens is 433 g/mol. The Kier molecular flexibility index (Phi) is 6.11. The highest BCUT2D eigenvalue weighted by molar-refractivity contribution is 6.31. The van der Waals surface area contributed by atoms with Crippen molar-refractivity contribution in [1.29, 1.82) is 0 Å². The van der Waals surface area contributed by atoms with Crippen molar-refractivity contribution in [3.8, 4) is 6.01 Å². The van der Waals surface area contributed by atoms with Crippen LogP contribution in [0, 0.1) is 0 Å². The van der Waals surface area contributed by atoms with E-state index < -0.39 is 37.2 Å². The minimum Gasteiger partial charge on any atom is -0.451 e. The van der Waals surface area contributed by atoms with Gasteiger partial charge in [-0.25, -0.2) is 8.78 Å². The first-order chi connectivity index (χ1) is 14.0. The maximum atomic E-state index is 13.7. The van der Waals surface area contributed by atoms with Gasteiger partial charge in [-0.2, -0.15) is 23.1 Å². The Bertz CT molecular complexity index is 911. The number of benzene rings is 1. The predicted octanol–water partition coefficient (Wildman–Crippen LogP) is 4.50. The third-order valence-electron chi connectivity index (χ3n) is 4.52. The molecule has 12 heteroatoms. The number of nitrogens with two attached hydrogens (primary N) is 1. The number of alkyl halides is 5. The third kappa shape index (κ3) is 5.13. The summed E-state index contributed by atoms with van der Waals surface area (Å²) in [6, 6.07) is 6.27. The van der Waals surface area contributed by atoms with Gasteiger partial charge in [-0.05, 0) is 18.6 Å². The first kappa shape index (κ1) is 22.1. The van der Waals surface area contributed by atoms with Crippen LogP contribution in [-0.4, -0.2) is 41.3 Å². The van der Waals surface area contributed by atoms with Crippen LogP contribution in [-0.2, 0) is 6.54 Å². The highest BCUT2D eigenvalue weighted by Gasteiger charge is 2.41. The maximum Gasteiger partial charge on any atom is 0.425 e. The number of nitrogens with one attached hydrogen (secondary N) is 1. The quantitative estimate of drug-likeness (QED) is 0.630. The number of nitrogen functional groups attached to an aromatic ring is 1. The monoisotopic (exact) mass is 451 g/mol. The Balaban J connectivity index is 1.92. The first-order valence-corrected chi connectivity index (χ1v) is 9.35. The van der Waals surface area contributed by atoms with E-state index in [1.54, 1.807) is 24.3 Å². The van der Waals surface area contributed by atoms with Crippen molar-refractivity contribution in [2.75, 3.05) is 29.0 Å². The topological polar surface area (TPSA) is 76.3 Å². The molecule has 3 rings (SSSR count). The van der Waals surface area contributed by atoms with Crippen LogP contribution in [0.4, 0.5) is 39.3 Å². The van der Waals surface area contributed by atoms with E-state index in [0.717, 1.165) is 6.92 Å². The van der Waals surface area contributed by atoms with Crippen molar-refractivity contribution in [3.05, 3.63) is 34.9 Å². The summed E-state index contributed by atoms with van der Waals surface area (Å²) in [6.07, 6.45) is -7.28. The lowest BCUT2D eigenvalue weighted by molar-refractivity contribution is -0.190. The largest absolute Gasteiger partial charge is 0.451 e. The van der Waals surface area contributed by atoms with Crippen LogP contribution >= 0.6 is 11.6 Å². The first-order valence-electron chi connectivity index (χ1n) is 8.97. The minimum absolute atomic E-state index is 0.0421. The molecule has 2 aromatic rings. The molecular formula is C18H19ClF5N5O. The van der Waals surface area contributed by atoms with Crippen LogP contribution in [0.2, 0.25) is 5.02 Å². The molecule has 6 nitrogen and oxygen atoms in total. The number of hydrogen-bond acceptors (Lipinski definition) is 6. The van der Waals surface area contributed by atoms with E-state index in [4.69, 9.17) is 22.1 Å². The lowest BCUT2D eigenvalue weighted by Crippen LogP contribution is -2.32. The van der Waals surface area contributed by atoms with Gasteiger partial charge in [-0.15, -0.1) is 0 Å². The van der Waals surface area contributed by atoms with E-state index in [9.17, 15) is 22.0 Å². The van der Waals surface area contributed by atoms with Gasteiger partial charge in [0.2, 0.25) is 0 Å². The van der Waals surface area contributed by atoms with Crippen LogP contribution in [0.25, 0.3) is 0 Å². The third-order valence-corrected chi connectivity index (χ3v) is 4.89. The molecule has 1 atom stereocenters. The summed E-state index contributed by atoms with van der Waals surface area (Å²) in [5, 5.41) is 3.33. The van der Waals surface area contributed by atoms with Crippen LogP contribution in [0.5, 0.6) is 6.01 Å². The van der Waals surface area contributed by atoms with Crippen molar-refractivity contribution in [2.45, 2.75) is 38.1 Å². The molecule has 1 aliphatic rings. The Morgan fingerprint density at radius 1 is 1.30 bits per heavy atom. The van der Waals surface area contributed by atoms with Crippen molar-refractivity contribution >= 4 is 28.9 Å². The fourth-order valence-corrected chi connectivity index (χ4v) is 3.03. The molecule has 0 aliphatic carbocycles. The molecule has 1 aromatic heterocycles. The van der Waals surface area contributed by atoms with Crippen LogP contribution in [0.1, 0.15) is 18.9 Å². The molecule has 0 spiro atoms. The summed E-state index contributed by atoms with van der Waals surface area (Å²) in [7, 11) is 0. The predicted molar refractivity (Wildman–Crippen MR) is 103 cm³/mol. The second-order valence-electron chi connectivity index (χ2n) is 6.87. The zero-order valence-corrected chi connectivity index (χ0v) is 16.6. The SMILES string of the molecule is C[C@@H](Oc1nc(NCc2ccccc2Cl)c(N)c(N2CCC(F)(F)C2)n1)C(F)(F)F. The van der Waals surface area contributed by atoms with E-state index in [2.05, 4.69) is 15.3 Å². The highest BCUT2D eigenvalue weighted by Crippen LogP contribution is 2.37. The highest BCUT2D eigenvalue weighted by atomic mass is 35.5. The van der Waals surface area contributed by atoms with Crippen molar-refractivity contribution in [3.63, 3.8) is 0 Å². The number of hydrogen-bond donors (Lipinski definition) is 2. The maximum absolute atomic E-state index is 13.7. The van der Waals surface area contributed by atoms with Crippen molar-refractivity contribution in [1.82, 2.24) is 9.97 Å². The second kappa shape index (κ2) is 8.29. The molecule has 0 unspecified atom stereocenters. The van der Waals surface area contributed by atoms with Crippen LogP contribution in [0.15, 0.2) is 24.3 Å². The van der Waals surface area contributed by atoms with Gasteiger partial charge in [-0.1, -0.05) is 29.8 Å². The van der Waals surface area contributed by atoms with E-state index >= 15 is 0 Å². The Morgan fingerprint density at radius 2 is 2.00 bits per heavy atom. The average Bonchev–Trinajstić information content (AvgIpc) is 3.01. The van der Waals surface area contributed by atoms with Gasteiger partial charge < -0.3 is 20.7 Å². The van der Waals surface area contributed by atoms with E-state index in [0.29, 0.717) is 10.6 Å². The molecule has 1 aliphatic heterocycles. The molecule has 3 N–H and O–H groups in total. The number of anilines is 3. The summed E-state index contributed by atoms with van der Waals surface area (Å²) < 4.78 is 70.8. The smallest absolute Gasteiger partial charge is 0.425 e. The molecule has 30 heavy (non-hydrogen) atoms. The lowest BCUT2D eigenvalue weighted by atomic mass is 10.2. The van der Waals surface area contributed by atoms with Crippen molar-refractivity contribution in [2.24, 2.45) is 0 Å². The number of nitrogens with zero attached hydrogens (tertiary/aromatic N) is 3. The minimum atomic E-state index is -4.66. The summed E-state index contributed by atoms with van der Waals surface area (Å²) >= 11 is 6.10. The normalized spacial score (nSPS) is 17.1. The van der Waals surface area contributed by atoms with Gasteiger partial charge in [0.25, 0.3) is 5.92 Å². The number of rotatable bonds is 6. The molecule has 1 saturated heterocycles. The number of aromatic nitrogens is 2. The van der Waals surface area contributed by atoms with Crippen molar-refractivity contribution < 1.29 is 26.7 Å². The summed E-state index contributed by atoms with van der Waals surface area (Å²) in [6.45, 7) is 0.212. The molecule has 0 amide bonds. The van der Waals surface area contributed by atoms with Crippen LogP contribution in [0.3, 0.4) is 0 Å². The Labute approximate surface area is 174 Å². The molecule has 1 aromatic carbocycles. The van der Waals surface area contributed by atoms with Gasteiger partial charge in [0.15, 0.2) is 17.7 Å². The number of halogens is 6. The zero-order valence-electron chi connectivity index (χ0n) is 15.8. The molecule has 1 fully saturated rings. The van der Waals surface area contributed by atoms with E-state index in [1.807, 2.05) is 0 Å². The van der Waals surface area contributed by atoms with E-state index in [-0.39, 0.29) is 30.4 Å². The lowest BCUT2D eigenvalue weighted by Gasteiger charge is -2.23. The fourth-order valence-electron chi connectivity index (χ4n) is 2.83. The van der Waals surface area contributed by atoms with Gasteiger partial charge >= 0.3 is 12.2 Å². The summed E-state index contributed by atoms with van der Waals surface area (Å²) in [4.78, 5) is 8.98. The molecule has 164 valence electrons. The zero-order chi connectivity index (χ0) is 22.1. The molecule has 0 radical (unpaired) electrons. The molecule has 0 saturated carbocycles. The standard InChI is InChI=1S/C18H19ClF5N5O/c1-10(18(22,23)24)30-16-27-14(26-8-11-4-2-3-5-12(11)19)13(25)15(28-16)29-7-6-17(20,21)9-29/h2-5,10H,6-9,25H2,1H3,(H,26,27,28)/t10-/m1/s1. The van der Waals surface area contributed by atoms with Gasteiger partial charge in [0.1, 0.15) is 5.69 Å². The summed E-state index contributed by atoms with van der Waals surface area (Å²) in [5.74, 6) is -3.12. The number of ether oxygens (including phenoxy) is 1. The summed E-state index contributed by atoms with van der Waals surface area (Å²) in [5.41, 5.74) is 6.66. The van der Waals surface area contributed by atoms with Crippen LogP contribution < -0.4 is 20.7 Å².